The van der Waals surface area contributed by atoms with Gasteiger partial charge in [-0.05, 0) is 6.92 Å². The van der Waals surface area contributed by atoms with E-state index in [1.54, 1.807) is 0 Å². The van der Waals surface area contributed by atoms with Crippen molar-refractivity contribution < 1.29 is 42.7 Å². The number of hydrogen-bond donors (Lipinski definition) is 0. The zero-order valence-electron chi connectivity index (χ0n) is 22.3. The van der Waals surface area contributed by atoms with Gasteiger partial charge in [0, 0.05) is 45.8 Å². The normalized spacial score (nSPS) is 36.0. The van der Waals surface area contributed by atoms with Crippen molar-refractivity contribution in [2.24, 2.45) is 0 Å². The van der Waals surface area contributed by atoms with E-state index in [0.29, 0.717) is 98.9 Å². The Morgan fingerprint density at radius 2 is 1.30 bits per heavy atom. The number of carbonyl (C=O) groups is 1. The van der Waals surface area contributed by atoms with Gasteiger partial charge in [-0.2, -0.15) is 0 Å². The van der Waals surface area contributed by atoms with E-state index in [4.69, 9.17) is 37.9 Å². The van der Waals surface area contributed by atoms with E-state index in [-0.39, 0.29) is 24.7 Å². The van der Waals surface area contributed by atoms with Crippen molar-refractivity contribution in [3.8, 4) is 0 Å². The average molecular weight is 532 g/mol. The Hall–Kier alpha value is -0.930. The highest BCUT2D eigenvalue weighted by molar-refractivity contribution is 5.71. The van der Waals surface area contributed by atoms with E-state index < -0.39 is 5.79 Å². The van der Waals surface area contributed by atoms with Crippen molar-refractivity contribution in [2.75, 3.05) is 132 Å². The van der Waals surface area contributed by atoms with E-state index in [9.17, 15) is 4.79 Å². The average Bonchev–Trinajstić information content (AvgIpc) is 2.85. The maximum absolute atomic E-state index is 12.4. The number of esters is 1. The first-order valence-electron chi connectivity index (χ1n) is 13.7. The fraction of sp³-hybridized carbons (Fsp3) is 0.960. The van der Waals surface area contributed by atoms with Gasteiger partial charge in [0.05, 0.1) is 91.4 Å². The molecule has 0 aliphatic carbocycles. The zero-order chi connectivity index (χ0) is 25.8. The molecule has 3 atom stereocenters. The SMILES string of the molecule is CCOC(=O)CN1C[C@H]2CN3CCOCCOCCN(CCOCCOCC3)C[C@@H]3COC[C@@](C1)(O2)O3. The van der Waals surface area contributed by atoms with Crippen LogP contribution in [0.2, 0.25) is 0 Å². The highest BCUT2D eigenvalue weighted by atomic mass is 16.7. The van der Waals surface area contributed by atoms with Gasteiger partial charge in [-0.25, -0.2) is 0 Å². The molecular formula is C25H45N3O9. The first kappa shape index (κ1) is 29.1. The van der Waals surface area contributed by atoms with Crippen LogP contribution >= 0.6 is 0 Å². The second-order valence-corrected chi connectivity index (χ2v) is 9.93. The van der Waals surface area contributed by atoms with Crippen LogP contribution < -0.4 is 0 Å². The van der Waals surface area contributed by atoms with Crippen molar-refractivity contribution in [1.29, 1.82) is 0 Å². The van der Waals surface area contributed by atoms with Gasteiger partial charge in [0.25, 0.3) is 0 Å². The number of carbonyl (C=O) groups excluding carboxylic acids is 1. The summed E-state index contributed by atoms with van der Waals surface area (Å²) in [6.07, 6.45) is -0.356. The molecule has 4 saturated heterocycles. The lowest BCUT2D eigenvalue weighted by Gasteiger charge is -2.49. The third-order valence-electron chi connectivity index (χ3n) is 6.85. The fourth-order valence-corrected chi connectivity index (χ4v) is 5.21. The van der Waals surface area contributed by atoms with E-state index in [1.807, 2.05) is 6.92 Å². The summed E-state index contributed by atoms with van der Waals surface area (Å²) in [5.41, 5.74) is 0. The third kappa shape index (κ3) is 9.95. The zero-order valence-corrected chi connectivity index (χ0v) is 22.3. The second kappa shape index (κ2) is 15.6. The van der Waals surface area contributed by atoms with Crippen molar-refractivity contribution in [1.82, 2.24) is 14.7 Å². The van der Waals surface area contributed by atoms with Crippen molar-refractivity contribution in [2.45, 2.75) is 24.9 Å². The summed E-state index contributed by atoms with van der Waals surface area (Å²) in [6, 6.07) is 0. The molecule has 4 aliphatic rings. The van der Waals surface area contributed by atoms with E-state index in [1.165, 1.54) is 0 Å². The minimum absolute atomic E-state index is 0.175. The first-order valence-corrected chi connectivity index (χ1v) is 13.7. The van der Waals surface area contributed by atoms with Gasteiger partial charge in [0.15, 0.2) is 0 Å². The molecule has 4 fully saturated rings. The Balaban J connectivity index is 1.55. The Labute approximate surface area is 220 Å². The van der Waals surface area contributed by atoms with Gasteiger partial charge in [0.2, 0.25) is 5.79 Å². The Morgan fingerprint density at radius 3 is 1.86 bits per heavy atom. The largest absolute Gasteiger partial charge is 0.465 e. The molecule has 0 aromatic rings. The molecular weight excluding hydrogens is 486 g/mol. The quantitative estimate of drug-likeness (QED) is 0.420. The maximum atomic E-state index is 12.4. The predicted octanol–water partition coefficient (Wildman–Crippen LogP) is -0.940. The van der Waals surface area contributed by atoms with Gasteiger partial charge in [-0.3, -0.25) is 19.5 Å². The van der Waals surface area contributed by atoms with Gasteiger partial charge in [0.1, 0.15) is 6.61 Å². The van der Waals surface area contributed by atoms with Gasteiger partial charge in [-0.15, -0.1) is 0 Å². The molecule has 4 heterocycles. The lowest BCUT2D eigenvalue weighted by atomic mass is 10.1. The topological polar surface area (TPSA) is 101 Å². The summed E-state index contributed by atoms with van der Waals surface area (Å²) in [6.45, 7) is 13.1. The number of fused-ring (bicyclic) bond motifs is 2. The summed E-state index contributed by atoms with van der Waals surface area (Å²) in [4.78, 5) is 19.0. The summed E-state index contributed by atoms with van der Waals surface area (Å²) >= 11 is 0. The number of morpholine rings is 1. The molecule has 4 aliphatic heterocycles. The summed E-state index contributed by atoms with van der Waals surface area (Å²) in [5, 5.41) is 0. The van der Waals surface area contributed by atoms with Crippen molar-refractivity contribution >= 4 is 5.97 Å². The molecule has 0 N–H and O–H groups in total. The molecule has 0 unspecified atom stereocenters. The first-order chi connectivity index (χ1) is 18.1. The highest BCUT2D eigenvalue weighted by Crippen LogP contribution is 2.29. The molecule has 12 heteroatoms. The Kier molecular flexibility index (Phi) is 12.3. The monoisotopic (exact) mass is 531 g/mol. The summed E-state index contributed by atoms with van der Waals surface area (Å²) in [7, 11) is 0. The van der Waals surface area contributed by atoms with Crippen LogP contribution in [-0.4, -0.2) is 170 Å². The third-order valence-corrected chi connectivity index (χ3v) is 6.85. The summed E-state index contributed by atoms with van der Waals surface area (Å²) in [5.74, 6) is -1.19. The second-order valence-electron chi connectivity index (χ2n) is 9.93. The smallest absolute Gasteiger partial charge is 0.320 e. The number of nitrogens with zero attached hydrogens (tertiary/aromatic N) is 3. The van der Waals surface area contributed by atoms with Gasteiger partial charge >= 0.3 is 5.97 Å². The minimum atomic E-state index is -0.947. The van der Waals surface area contributed by atoms with Crippen LogP contribution in [0.5, 0.6) is 0 Å². The standard InChI is InChI=1S/C25H45N3O9/c1-2-35-24(29)18-28-16-22-15-26-3-7-30-11-13-32-9-5-27(6-10-33-14-12-31-8-4-26)17-23-19-34-21-25(20-28,36-22)37-23/h22-23H,2-21H2,1H3/t22-,23-,25+/m1/s1. The molecule has 12 nitrogen and oxygen atoms in total. The van der Waals surface area contributed by atoms with Crippen LogP contribution in [0.4, 0.5) is 0 Å². The molecule has 37 heavy (non-hydrogen) atoms. The number of hydrogen-bond acceptors (Lipinski definition) is 12. The van der Waals surface area contributed by atoms with Crippen LogP contribution in [0, 0.1) is 0 Å². The summed E-state index contributed by atoms with van der Waals surface area (Å²) < 4.78 is 48.0. The molecule has 0 amide bonds. The molecule has 1 spiro atoms. The predicted molar refractivity (Wildman–Crippen MR) is 133 cm³/mol. The van der Waals surface area contributed by atoms with E-state index in [2.05, 4.69) is 14.7 Å². The van der Waals surface area contributed by atoms with Gasteiger partial charge in [-0.1, -0.05) is 0 Å². The molecule has 0 aromatic carbocycles. The Bertz CT molecular complexity index is 651. The van der Waals surface area contributed by atoms with Crippen molar-refractivity contribution in [3.05, 3.63) is 0 Å². The lowest BCUT2D eigenvalue weighted by molar-refractivity contribution is -0.353. The van der Waals surface area contributed by atoms with Crippen molar-refractivity contribution in [3.63, 3.8) is 0 Å². The molecule has 0 aromatic heterocycles. The fourth-order valence-electron chi connectivity index (χ4n) is 5.21. The molecule has 4 rings (SSSR count). The van der Waals surface area contributed by atoms with E-state index >= 15 is 0 Å². The van der Waals surface area contributed by atoms with Crippen LogP contribution in [0.3, 0.4) is 0 Å². The minimum Gasteiger partial charge on any atom is -0.465 e. The van der Waals surface area contributed by atoms with Crippen LogP contribution in [0.25, 0.3) is 0 Å². The lowest BCUT2D eigenvalue weighted by Crippen LogP contribution is -2.65. The van der Waals surface area contributed by atoms with E-state index in [0.717, 1.165) is 26.2 Å². The maximum Gasteiger partial charge on any atom is 0.320 e. The Morgan fingerprint density at radius 1 is 0.757 bits per heavy atom. The van der Waals surface area contributed by atoms with Gasteiger partial charge < -0.3 is 37.9 Å². The number of rotatable bonds is 3. The molecule has 0 radical (unpaired) electrons. The molecule has 5 bridgehead atoms. The number of ether oxygens (including phenoxy) is 8. The molecule has 0 saturated carbocycles. The highest BCUT2D eigenvalue weighted by Gasteiger charge is 2.47. The van der Waals surface area contributed by atoms with Crippen LogP contribution in [-0.2, 0) is 42.7 Å². The van der Waals surface area contributed by atoms with Crippen LogP contribution in [0.1, 0.15) is 6.92 Å². The van der Waals surface area contributed by atoms with Crippen LogP contribution in [0.15, 0.2) is 0 Å². The molecule has 214 valence electrons.